The molecule has 2 amide bonds. The van der Waals surface area contributed by atoms with Crippen LogP contribution in [0, 0.1) is 30.6 Å². The first-order valence-electron chi connectivity index (χ1n) is 8.47. The van der Waals surface area contributed by atoms with E-state index in [-0.39, 0.29) is 36.6 Å². The van der Waals surface area contributed by atoms with E-state index in [0.29, 0.717) is 23.6 Å². The second-order valence-electron chi connectivity index (χ2n) is 7.22. The van der Waals surface area contributed by atoms with Gasteiger partial charge in [-0.2, -0.15) is 4.98 Å². The van der Waals surface area contributed by atoms with Crippen molar-refractivity contribution >= 4 is 6.03 Å². The lowest BCUT2D eigenvalue weighted by molar-refractivity contribution is 0.143. The van der Waals surface area contributed by atoms with Crippen molar-refractivity contribution in [1.29, 1.82) is 0 Å². The second-order valence-corrected chi connectivity index (χ2v) is 7.22. The number of nitrogens with zero attached hydrogens (tertiary/aromatic N) is 2. The van der Waals surface area contributed by atoms with E-state index in [1.807, 2.05) is 13.8 Å². The number of aryl methyl sites for hydroxylation is 1. The van der Waals surface area contributed by atoms with E-state index < -0.39 is 0 Å². The number of nitrogens with one attached hydrogen (secondary N) is 2. The number of rotatable bonds is 5. The van der Waals surface area contributed by atoms with Gasteiger partial charge in [-0.05, 0) is 43.9 Å². The second kappa shape index (κ2) is 6.47. The molecular weight excluding hydrogens is 296 g/mol. The molecule has 5 unspecified atom stereocenters. The number of carbonyl (C=O) groups excluding carboxylic acids is 1. The first kappa shape index (κ1) is 16.2. The standard InChI is InChI=1S/C16H26N4O3/c1-8(2)13(15-17-9(3)20-23-15)18-16(22)19-14-11-5-4-10(6-11)12(14)7-21/h8,10-14,21H,4-7H2,1-3H3,(H2,18,19,22). The molecule has 0 aromatic carbocycles. The topological polar surface area (TPSA) is 100 Å². The molecule has 0 saturated heterocycles. The smallest absolute Gasteiger partial charge is 0.315 e. The normalized spacial score (nSPS) is 30.7. The van der Waals surface area contributed by atoms with Gasteiger partial charge in [0.1, 0.15) is 6.04 Å². The van der Waals surface area contributed by atoms with Crippen LogP contribution in [-0.2, 0) is 0 Å². The zero-order valence-corrected chi connectivity index (χ0v) is 14.0. The van der Waals surface area contributed by atoms with E-state index in [4.69, 9.17) is 4.52 Å². The largest absolute Gasteiger partial charge is 0.396 e. The summed E-state index contributed by atoms with van der Waals surface area (Å²) in [5, 5.41) is 19.4. The van der Waals surface area contributed by atoms with Gasteiger partial charge in [-0.25, -0.2) is 4.79 Å². The molecule has 0 radical (unpaired) electrons. The first-order chi connectivity index (χ1) is 11.0. The third kappa shape index (κ3) is 3.20. The number of aliphatic hydroxyl groups excluding tert-OH is 1. The maximum atomic E-state index is 12.4. The summed E-state index contributed by atoms with van der Waals surface area (Å²) in [6, 6.07) is -0.478. The van der Waals surface area contributed by atoms with E-state index in [9.17, 15) is 9.90 Å². The van der Waals surface area contributed by atoms with Crippen molar-refractivity contribution in [3.8, 4) is 0 Å². The molecule has 23 heavy (non-hydrogen) atoms. The van der Waals surface area contributed by atoms with Crippen LogP contribution in [0.15, 0.2) is 4.52 Å². The van der Waals surface area contributed by atoms with Crippen LogP contribution in [-0.4, -0.2) is 33.9 Å². The molecule has 3 rings (SSSR count). The van der Waals surface area contributed by atoms with Crippen molar-refractivity contribution in [3.63, 3.8) is 0 Å². The summed E-state index contributed by atoms with van der Waals surface area (Å²) in [5.41, 5.74) is 0. The third-order valence-corrected chi connectivity index (χ3v) is 5.36. The van der Waals surface area contributed by atoms with E-state index in [1.54, 1.807) is 6.92 Å². The van der Waals surface area contributed by atoms with Crippen molar-refractivity contribution in [1.82, 2.24) is 20.8 Å². The Bertz CT molecular complexity index is 559. The van der Waals surface area contributed by atoms with E-state index >= 15 is 0 Å². The molecule has 2 fully saturated rings. The fraction of sp³-hybridized carbons (Fsp3) is 0.812. The maximum absolute atomic E-state index is 12.4. The Kier molecular flexibility index (Phi) is 4.57. The molecule has 128 valence electrons. The number of carbonyl (C=O) groups is 1. The number of aliphatic hydroxyl groups is 1. The van der Waals surface area contributed by atoms with Crippen molar-refractivity contribution in [2.45, 2.75) is 52.1 Å². The molecule has 1 aromatic rings. The van der Waals surface area contributed by atoms with Gasteiger partial charge in [-0.15, -0.1) is 0 Å². The Balaban J connectivity index is 1.63. The van der Waals surface area contributed by atoms with Gasteiger partial charge in [0, 0.05) is 18.6 Å². The Morgan fingerprint density at radius 1 is 1.39 bits per heavy atom. The molecule has 2 aliphatic carbocycles. The monoisotopic (exact) mass is 322 g/mol. The maximum Gasteiger partial charge on any atom is 0.315 e. The van der Waals surface area contributed by atoms with Gasteiger partial charge in [-0.1, -0.05) is 19.0 Å². The van der Waals surface area contributed by atoms with Crippen LogP contribution in [0.2, 0.25) is 0 Å². The van der Waals surface area contributed by atoms with Crippen LogP contribution in [0.25, 0.3) is 0 Å². The molecule has 2 bridgehead atoms. The summed E-state index contributed by atoms with van der Waals surface area (Å²) in [6.45, 7) is 5.89. The zero-order chi connectivity index (χ0) is 16.6. The van der Waals surface area contributed by atoms with E-state index in [2.05, 4.69) is 20.8 Å². The predicted molar refractivity (Wildman–Crippen MR) is 83.5 cm³/mol. The Hall–Kier alpha value is -1.63. The summed E-state index contributed by atoms with van der Waals surface area (Å²) in [7, 11) is 0. The minimum Gasteiger partial charge on any atom is -0.396 e. The number of hydrogen-bond donors (Lipinski definition) is 3. The fourth-order valence-electron chi connectivity index (χ4n) is 4.19. The highest BCUT2D eigenvalue weighted by atomic mass is 16.5. The summed E-state index contributed by atoms with van der Waals surface area (Å²) >= 11 is 0. The van der Waals surface area contributed by atoms with Gasteiger partial charge in [0.2, 0.25) is 5.89 Å². The molecule has 5 atom stereocenters. The van der Waals surface area contributed by atoms with Crippen LogP contribution in [0.5, 0.6) is 0 Å². The molecule has 2 saturated carbocycles. The first-order valence-corrected chi connectivity index (χ1v) is 8.47. The average Bonchev–Trinajstić information content (AvgIpc) is 3.20. The molecule has 2 aliphatic rings. The van der Waals surface area contributed by atoms with E-state index in [1.165, 1.54) is 6.42 Å². The Morgan fingerprint density at radius 2 is 2.13 bits per heavy atom. The van der Waals surface area contributed by atoms with E-state index in [0.717, 1.165) is 12.8 Å². The lowest BCUT2D eigenvalue weighted by Gasteiger charge is -2.31. The van der Waals surface area contributed by atoms with Crippen molar-refractivity contribution in [2.75, 3.05) is 6.61 Å². The van der Waals surface area contributed by atoms with Gasteiger partial charge >= 0.3 is 6.03 Å². The van der Waals surface area contributed by atoms with Gasteiger partial charge in [0.05, 0.1) is 0 Å². The lowest BCUT2D eigenvalue weighted by atomic mass is 9.85. The van der Waals surface area contributed by atoms with Gasteiger partial charge in [0.25, 0.3) is 0 Å². The minimum absolute atomic E-state index is 0.0657. The lowest BCUT2D eigenvalue weighted by Crippen LogP contribution is -2.50. The van der Waals surface area contributed by atoms with Gasteiger partial charge < -0.3 is 20.3 Å². The molecule has 7 nitrogen and oxygen atoms in total. The van der Waals surface area contributed by atoms with Crippen LogP contribution in [0.3, 0.4) is 0 Å². The van der Waals surface area contributed by atoms with Crippen LogP contribution >= 0.6 is 0 Å². The molecule has 1 aromatic heterocycles. The SMILES string of the molecule is Cc1noc(C(NC(=O)NC2C3CCC(C3)C2CO)C(C)C)n1. The molecule has 3 N–H and O–H groups in total. The number of urea groups is 1. The highest BCUT2D eigenvalue weighted by Gasteiger charge is 2.47. The van der Waals surface area contributed by atoms with Crippen molar-refractivity contribution in [3.05, 3.63) is 11.7 Å². The summed E-state index contributed by atoms with van der Waals surface area (Å²) in [6.07, 6.45) is 3.43. The highest BCUT2D eigenvalue weighted by molar-refractivity contribution is 5.74. The minimum atomic E-state index is -0.317. The summed E-state index contributed by atoms with van der Waals surface area (Å²) < 4.78 is 5.21. The molecule has 0 aliphatic heterocycles. The third-order valence-electron chi connectivity index (χ3n) is 5.36. The number of hydrogen-bond acceptors (Lipinski definition) is 5. The number of aromatic nitrogens is 2. The number of amides is 2. The van der Waals surface area contributed by atoms with Gasteiger partial charge in [0.15, 0.2) is 5.82 Å². The van der Waals surface area contributed by atoms with Crippen LogP contribution in [0.1, 0.15) is 50.9 Å². The highest BCUT2D eigenvalue weighted by Crippen LogP contribution is 2.48. The van der Waals surface area contributed by atoms with Crippen LogP contribution in [0.4, 0.5) is 4.79 Å². The molecule has 7 heteroatoms. The van der Waals surface area contributed by atoms with Crippen molar-refractivity contribution < 1.29 is 14.4 Å². The summed E-state index contributed by atoms with van der Waals surface area (Å²) in [4.78, 5) is 16.7. The van der Waals surface area contributed by atoms with Crippen molar-refractivity contribution in [2.24, 2.45) is 23.7 Å². The zero-order valence-electron chi connectivity index (χ0n) is 14.0. The van der Waals surface area contributed by atoms with Gasteiger partial charge in [-0.3, -0.25) is 0 Å². The molecule has 1 heterocycles. The molecular formula is C16H26N4O3. The Morgan fingerprint density at radius 3 is 2.74 bits per heavy atom. The number of fused-ring (bicyclic) bond motifs is 2. The molecule has 0 spiro atoms. The fourth-order valence-corrected chi connectivity index (χ4v) is 4.19. The summed E-state index contributed by atoms with van der Waals surface area (Å²) in [5.74, 6) is 2.35. The predicted octanol–water partition coefficient (Wildman–Crippen LogP) is 1.78. The average molecular weight is 322 g/mol. The quantitative estimate of drug-likeness (QED) is 0.767. The Labute approximate surface area is 136 Å². The van der Waals surface area contributed by atoms with Crippen LogP contribution < -0.4 is 10.6 Å².